The Labute approximate surface area is 112 Å². The highest BCUT2D eigenvalue weighted by molar-refractivity contribution is 5.77. The highest BCUT2D eigenvalue weighted by atomic mass is 16.5. The average molecular weight is 265 g/mol. The molecule has 1 aromatic rings. The maximum absolute atomic E-state index is 11.5. The van der Waals surface area contributed by atoms with Crippen LogP contribution in [0.2, 0.25) is 0 Å². The molecule has 5 nitrogen and oxygen atoms in total. The van der Waals surface area contributed by atoms with Crippen LogP contribution in [0.15, 0.2) is 24.3 Å². The van der Waals surface area contributed by atoms with Gasteiger partial charge >= 0.3 is 5.97 Å². The molecule has 1 aromatic carbocycles. The van der Waals surface area contributed by atoms with Gasteiger partial charge in [0.25, 0.3) is 0 Å². The SMILES string of the molecule is CC(C)OCC(=O)NCc1ccccc1CC(=O)O. The quantitative estimate of drug-likeness (QED) is 0.780. The number of benzene rings is 1. The highest BCUT2D eigenvalue weighted by Gasteiger charge is 2.08. The van der Waals surface area contributed by atoms with E-state index in [0.29, 0.717) is 12.1 Å². The predicted molar refractivity (Wildman–Crippen MR) is 70.7 cm³/mol. The lowest BCUT2D eigenvalue weighted by Crippen LogP contribution is -2.28. The third-order valence-electron chi connectivity index (χ3n) is 2.48. The first kappa shape index (κ1) is 15.2. The van der Waals surface area contributed by atoms with Crippen molar-refractivity contribution in [3.8, 4) is 0 Å². The fourth-order valence-corrected chi connectivity index (χ4v) is 1.55. The molecule has 5 heteroatoms. The number of nitrogens with one attached hydrogen (secondary N) is 1. The van der Waals surface area contributed by atoms with Crippen LogP contribution in [0, 0.1) is 0 Å². The van der Waals surface area contributed by atoms with E-state index in [2.05, 4.69) is 5.32 Å². The third-order valence-corrected chi connectivity index (χ3v) is 2.48. The van der Waals surface area contributed by atoms with Gasteiger partial charge in [-0.3, -0.25) is 9.59 Å². The molecule has 0 aliphatic heterocycles. The van der Waals surface area contributed by atoms with Gasteiger partial charge in [-0.15, -0.1) is 0 Å². The summed E-state index contributed by atoms with van der Waals surface area (Å²) in [7, 11) is 0. The number of hydrogen-bond acceptors (Lipinski definition) is 3. The largest absolute Gasteiger partial charge is 0.481 e. The number of ether oxygens (including phenoxy) is 1. The second-order valence-corrected chi connectivity index (χ2v) is 4.48. The number of aliphatic carboxylic acids is 1. The van der Waals surface area contributed by atoms with Gasteiger partial charge in [0.1, 0.15) is 6.61 Å². The van der Waals surface area contributed by atoms with Crippen molar-refractivity contribution in [2.75, 3.05) is 6.61 Å². The van der Waals surface area contributed by atoms with E-state index in [0.717, 1.165) is 5.56 Å². The highest BCUT2D eigenvalue weighted by Crippen LogP contribution is 2.09. The smallest absolute Gasteiger partial charge is 0.307 e. The maximum Gasteiger partial charge on any atom is 0.307 e. The number of amides is 1. The number of carbonyl (C=O) groups is 2. The van der Waals surface area contributed by atoms with Gasteiger partial charge in [-0.25, -0.2) is 0 Å². The summed E-state index contributed by atoms with van der Waals surface area (Å²) in [6.45, 7) is 4.04. The van der Waals surface area contributed by atoms with Crippen LogP contribution in [0.1, 0.15) is 25.0 Å². The fraction of sp³-hybridized carbons (Fsp3) is 0.429. The molecule has 19 heavy (non-hydrogen) atoms. The molecule has 0 bridgehead atoms. The van der Waals surface area contributed by atoms with Crippen molar-refractivity contribution >= 4 is 11.9 Å². The molecule has 0 radical (unpaired) electrons. The molecule has 0 aliphatic rings. The molecule has 0 fully saturated rings. The zero-order valence-electron chi connectivity index (χ0n) is 11.2. The second kappa shape index (κ2) is 7.53. The maximum atomic E-state index is 11.5. The predicted octanol–water partition coefficient (Wildman–Crippen LogP) is 1.35. The summed E-state index contributed by atoms with van der Waals surface area (Å²) in [5.74, 6) is -1.10. The van der Waals surface area contributed by atoms with E-state index in [1.807, 2.05) is 26.0 Å². The topological polar surface area (TPSA) is 75.6 Å². The number of carbonyl (C=O) groups excluding carboxylic acids is 1. The Hall–Kier alpha value is -1.88. The van der Waals surface area contributed by atoms with E-state index in [9.17, 15) is 9.59 Å². The molecule has 0 aromatic heterocycles. The molecule has 0 spiro atoms. The molecule has 0 aliphatic carbocycles. The van der Waals surface area contributed by atoms with Crippen molar-refractivity contribution in [3.63, 3.8) is 0 Å². The monoisotopic (exact) mass is 265 g/mol. The minimum absolute atomic E-state index is 0.00467. The van der Waals surface area contributed by atoms with Crippen molar-refractivity contribution in [2.45, 2.75) is 32.9 Å². The summed E-state index contributed by atoms with van der Waals surface area (Å²) < 4.78 is 5.18. The van der Waals surface area contributed by atoms with E-state index in [4.69, 9.17) is 9.84 Å². The summed E-state index contributed by atoms with van der Waals surface area (Å²) >= 11 is 0. The molecule has 0 saturated heterocycles. The second-order valence-electron chi connectivity index (χ2n) is 4.48. The van der Waals surface area contributed by atoms with Gasteiger partial charge < -0.3 is 15.2 Å². The van der Waals surface area contributed by atoms with Crippen LogP contribution < -0.4 is 5.32 Å². The molecule has 104 valence electrons. The van der Waals surface area contributed by atoms with Crippen molar-refractivity contribution in [1.29, 1.82) is 0 Å². The minimum Gasteiger partial charge on any atom is -0.481 e. The van der Waals surface area contributed by atoms with Gasteiger partial charge in [0.2, 0.25) is 5.91 Å². The zero-order chi connectivity index (χ0) is 14.3. The molecule has 0 saturated carbocycles. The van der Waals surface area contributed by atoms with Crippen LogP contribution in [-0.2, 0) is 27.3 Å². The van der Waals surface area contributed by atoms with Gasteiger partial charge in [-0.05, 0) is 25.0 Å². The zero-order valence-corrected chi connectivity index (χ0v) is 11.2. The summed E-state index contributed by atoms with van der Waals surface area (Å²) in [4.78, 5) is 22.2. The normalized spacial score (nSPS) is 10.5. The van der Waals surface area contributed by atoms with Crippen molar-refractivity contribution in [3.05, 3.63) is 35.4 Å². The lowest BCUT2D eigenvalue weighted by Gasteiger charge is -2.10. The first-order valence-electron chi connectivity index (χ1n) is 6.16. The molecule has 1 rings (SSSR count). The summed E-state index contributed by atoms with van der Waals surface area (Å²) in [5.41, 5.74) is 1.52. The minimum atomic E-state index is -0.887. The van der Waals surface area contributed by atoms with Crippen LogP contribution in [-0.4, -0.2) is 29.7 Å². The summed E-state index contributed by atoms with van der Waals surface area (Å²) in [6.07, 6.45) is -0.0424. The van der Waals surface area contributed by atoms with Crippen LogP contribution in [0.3, 0.4) is 0 Å². The van der Waals surface area contributed by atoms with Gasteiger partial charge in [0.15, 0.2) is 0 Å². The third kappa shape index (κ3) is 6.01. The van der Waals surface area contributed by atoms with E-state index in [1.165, 1.54) is 0 Å². The molecular weight excluding hydrogens is 246 g/mol. The molecule has 1 amide bonds. The van der Waals surface area contributed by atoms with Crippen molar-refractivity contribution < 1.29 is 19.4 Å². The van der Waals surface area contributed by atoms with E-state index in [-0.39, 0.29) is 25.0 Å². The number of carboxylic acid groups (broad SMARTS) is 1. The first-order chi connectivity index (χ1) is 8.99. The lowest BCUT2D eigenvalue weighted by molar-refractivity contribution is -0.136. The molecule has 0 atom stereocenters. The van der Waals surface area contributed by atoms with Crippen LogP contribution in [0.5, 0.6) is 0 Å². The van der Waals surface area contributed by atoms with E-state index >= 15 is 0 Å². The van der Waals surface area contributed by atoms with Crippen molar-refractivity contribution in [1.82, 2.24) is 5.32 Å². The fourth-order valence-electron chi connectivity index (χ4n) is 1.55. The summed E-state index contributed by atoms with van der Waals surface area (Å²) in [6, 6.07) is 7.16. The number of carboxylic acids is 1. The van der Waals surface area contributed by atoms with Crippen LogP contribution in [0.4, 0.5) is 0 Å². The first-order valence-corrected chi connectivity index (χ1v) is 6.16. The Balaban J connectivity index is 2.52. The lowest BCUT2D eigenvalue weighted by atomic mass is 10.0. The number of hydrogen-bond donors (Lipinski definition) is 2. The van der Waals surface area contributed by atoms with Gasteiger partial charge in [-0.2, -0.15) is 0 Å². The Morgan fingerprint density at radius 1 is 1.26 bits per heavy atom. The Morgan fingerprint density at radius 2 is 1.89 bits per heavy atom. The Bertz CT molecular complexity index is 443. The average Bonchev–Trinajstić information content (AvgIpc) is 2.34. The van der Waals surface area contributed by atoms with Gasteiger partial charge in [0.05, 0.1) is 12.5 Å². The van der Waals surface area contributed by atoms with Crippen LogP contribution >= 0.6 is 0 Å². The Kier molecular flexibility index (Phi) is 6.02. The molecular formula is C14H19NO4. The molecule has 2 N–H and O–H groups in total. The summed E-state index contributed by atoms with van der Waals surface area (Å²) in [5, 5.41) is 11.5. The molecule has 0 heterocycles. The number of rotatable bonds is 7. The van der Waals surface area contributed by atoms with E-state index in [1.54, 1.807) is 12.1 Å². The van der Waals surface area contributed by atoms with E-state index < -0.39 is 5.97 Å². The van der Waals surface area contributed by atoms with Crippen molar-refractivity contribution in [2.24, 2.45) is 0 Å². The Morgan fingerprint density at radius 3 is 2.47 bits per heavy atom. The van der Waals surface area contributed by atoms with Gasteiger partial charge in [0, 0.05) is 6.54 Å². The van der Waals surface area contributed by atoms with Gasteiger partial charge in [-0.1, -0.05) is 24.3 Å². The van der Waals surface area contributed by atoms with Crippen LogP contribution in [0.25, 0.3) is 0 Å². The molecule has 0 unspecified atom stereocenters. The standard InChI is InChI=1S/C14H19NO4/c1-10(2)19-9-13(16)15-8-12-6-4-3-5-11(12)7-14(17)18/h3-6,10H,7-9H2,1-2H3,(H,15,16)(H,17,18).